The second-order valence-electron chi connectivity index (χ2n) is 6.86. The van der Waals surface area contributed by atoms with E-state index >= 15 is 0 Å². The van der Waals surface area contributed by atoms with Gasteiger partial charge in [0.05, 0.1) is 10.5 Å². The van der Waals surface area contributed by atoms with Crippen LogP contribution in [0.25, 0.3) is 11.3 Å². The lowest BCUT2D eigenvalue weighted by Crippen LogP contribution is -2.37. The predicted molar refractivity (Wildman–Crippen MR) is 93.9 cm³/mol. The second-order valence-corrected chi connectivity index (χ2v) is 8.04. The van der Waals surface area contributed by atoms with Crippen LogP contribution < -0.4 is 9.46 Å². The van der Waals surface area contributed by atoms with Crippen molar-refractivity contribution >= 4 is 17.0 Å². The average molecular weight is 404 g/mol. The molecule has 1 aromatic heterocycles. The van der Waals surface area contributed by atoms with Crippen molar-refractivity contribution in [3.8, 4) is 17.0 Å². The predicted octanol–water partition coefficient (Wildman–Crippen LogP) is 4.00. The van der Waals surface area contributed by atoms with Gasteiger partial charge in [0, 0.05) is 22.5 Å². The number of carbonyl (C=O) groups is 1. The molecule has 10 heteroatoms. The molecule has 1 atom stereocenters. The highest BCUT2D eigenvalue weighted by molar-refractivity contribution is 7.83. The molecule has 1 aromatic carbocycles. The Morgan fingerprint density at radius 1 is 1.22 bits per heavy atom. The van der Waals surface area contributed by atoms with E-state index in [-0.39, 0.29) is 16.0 Å². The van der Waals surface area contributed by atoms with Crippen molar-refractivity contribution < 1.29 is 32.0 Å². The van der Waals surface area contributed by atoms with Crippen molar-refractivity contribution in [2.24, 2.45) is 0 Å². The molecule has 0 bridgehead atoms. The minimum absolute atomic E-state index is 0.00495. The van der Waals surface area contributed by atoms with Crippen LogP contribution in [0.4, 0.5) is 13.2 Å². The summed E-state index contributed by atoms with van der Waals surface area (Å²) in [5, 5.41) is 9.12. The maximum absolute atomic E-state index is 12.8. The Morgan fingerprint density at radius 3 is 2.33 bits per heavy atom. The number of hydrogen-bond donors (Lipinski definition) is 3. The fraction of sp³-hybridized carbons (Fsp3) is 0.353. The molecule has 1 heterocycles. The first kappa shape index (κ1) is 21.0. The molecule has 27 heavy (non-hydrogen) atoms. The third-order valence-electron chi connectivity index (χ3n) is 3.32. The lowest BCUT2D eigenvalue weighted by atomic mass is 10.1. The van der Waals surface area contributed by atoms with Gasteiger partial charge in [-0.15, -0.1) is 13.2 Å². The molecule has 3 N–H and O–H groups in total. The fourth-order valence-corrected chi connectivity index (χ4v) is 3.44. The zero-order chi connectivity index (χ0) is 20.6. The molecule has 0 saturated heterocycles. The van der Waals surface area contributed by atoms with Gasteiger partial charge in [-0.3, -0.25) is 0 Å². The minimum atomic E-state index is -4.98. The summed E-state index contributed by atoms with van der Waals surface area (Å²) in [5.41, 5.74) is 0.328. The van der Waals surface area contributed by atoms with Crippen LogP contribution in [0.2, 0.25) is 0 Å². The summed E-state index contributed by atoms with van der Waals surface area (Å²) in [6, 6.07) is 5.08. The van der Waals surface area contributed by atoms with E-state index in [1.807, 2.05) is 0 Å². The number of aryl methyl sites for hydroxylation is 1. The second kappa shape index (κ2) is 7.35. The van der Waals surface area contributed by atoms with Gasteiger partial charge in [0.15, 0.2) is 0 Å². The normalized spacial score (nSPS) is 13.4. The van der Waals surface area contributed by atoms with Crippen LogP contribution in [0, 0.1) is 6.92 Å². The molecule has 2 aromatic rings. The number of carboxylic acids is 1. The first-order valence-corrected chi connectivity index (χ1v) is 8.94. The van der Waals surface area contributed by atoms with Crippen LogP contribution in [-0.2, 0) is 11.0 Å². The highest BCUT2D eigenvalue weighted by Crippen LogP contribution is 2.33. The van der Waals surface area contributed by atoms with Gasteiger partial charge in [-0.2, -0.15) is 0 Å². The Labute approximate surface area is 156 Å². The maximum Gasteiger partial charge on any atom is 0.573 e. The van der Waals surface area contributed by atoms with Gasteiger partial charge in [-0.25, -0.2) is 13.7 Å². The standard InChI is InChI=1S/C17H19F3N2O4S/c1-9-11(15(23)24)8-12(21-9)10-5-6-14(27(25)22-16(2,3)4)13(7-10)26-17(18,19)20/h5-8,21-22H,1-4H3,(H,23,24). The molecule has 0 fully saturated rings. The summed E-state index contributed by atoms with van der Waals surface area (Å²) < 4.78 is 57.6. The van der Waals surface area contributed by atoms with E-state index < -0.39 is 34.6 Å². The van der Waals surface area contributed by atoms with E-state index in [9.17, 15) is 22.2 Å². The number of ether oxygens (including phenoxy) is 1. The molecule has 148 valence electrons. The van der Waals surface area contributed by atoms with E-state index in [1.165, 1.54) is 25.1 Å². The molecule has 0 saturated carbocycles. The number of aromatic carboxylic acids is 1. The van der Waals surface area contributed by atoms with Gasteiger partial charge in [0.2, 0.25) is 0 Å². The smallest absolute Gasteiger partial charge is 0.478 e. The van der Waals surface area contributed by atoms with E-state index in [2.05, 4.69) is 14.4 Å². The highest BCUT2D eigenvalue weighted by atomic mass is 32.2. The lowest BCUT2D eigenvalue weighted by Gasteiger charge is -2.21. The SMILES string of the molecule is Cc1[nH]c(-c2ccc(S(=O)NC(C)(C)C)c(OC(F)(F)F)c2)cc1C(=O)O. The van der Waals surface area contributed by atoms with Gasteiger partial charge in [0.25, 0.3) is 0 Å². The Bertz CT molecular complexity index is 885. The molecule has 0 aliphatic heterocycles. The third-order valence-corrected chi connectivity index (χ3v) is 4.86. The molecule has 0 radical (unpaired) electrons. The summed E-state index contributed by atoms with van der Waals surface area (Å²) in [6.07, 6.45) is -4.98. The molecule has 6 nitrogen and oxygen atoms in total. The van der Waals surface area contributed by atoms with Crippen molar-refractivity contribution in [1.82, 2.24) is 9.71 Å². The number of carboxylic acid groups (broad SMARTS) is 1. The summed E-state index contributed by atoms with van der Waals surface area (Å²) in [7, 11) is -1.95. The number of aromatic nitrogens is 1. The quantitative estimate of drug-likeness (QED) is 0.703. The Kier molecular flexibility index (Phi) is 5.71. The molecule has 2 rings (SSSR count). The molecule has 0 aliphatic carbocycles. The van der Waals surface area contributed by atoms with Crippen LogP contribution in [0.1, 0.15) is 36.8 Å². The summed E-state index contributed by atoms with van der Waals surface area (Å²) in [6.45, 7) is 6.70. The number of aromatic amines is 1. The van der Waals surface area contributed by atoms with Crippen molar-refractivity contribution in [2.45, 2.75) is 44.5 Å². The van der Waals surface area contributed by atoms with Crippen LogP contribution >= 0.6 is 0 Å². The van der Waals surface area contributed by atoms with Crippen molar-refractivity contribution in [3.05, 3.63) is 35.5 Å². The average Bonchev–Trinajstić information content (AvgIpc) is 2.85. The number of halogens is 3. The van der Waals surface area contributed by atoms with Crippen LogP contribution in [0.15, 0.2) is 29.2 Å². The van der Waals surface area contributed by atoms with Gasteiger partial charge in [-0.05, 0) is 45.9 Å². The largest absolute Gasteiger partial charge is 0.573 e. The monoisotopic (exact) mass is 404 g/mol. The van der Waals surface area contributed by atoms with E-state index in [4.69, 9.17) is 5.11 Å². The number of hydrogen-bond acceptors (Lipinski definition) is 3. The first-order valence-electron chi connectivity index (χ1n) is 7.79. The van der Waals surface area contributed by atoms with E-state index in [0.717, 1.165) is 6.07 Å². The zero-order valence-corrected chi connectivity index (χ0v) is 15.8. The number of alkyl halides is 3. The van der Waals surface area contributed by atoms with E-state index in [1.54, 1.807) is 20.8 Å². The Morgan fingerprint density at radius 2 is 1.85 bits per heavy atom. The molecular weight excluding hydrogens is 385 g/mol. The Hall–Kier alpha value is -2.33. The first-order chi connectivity index (χ1) is 12.3. The summed E-state index contributed by atoms with van der Waals surface area (Å²) in [5.74, 6) is -1.78. The molecule has 0 amide bonds. The summed E-state index contributed by atoms with van der Waals surface area (Å²) in [4.78, 5) is 13.8. The number of benzene rings is 1. The molecule has 0 aliphatic rings. The van der Waals surface area contributed by atoms with Gasteiger partial charge in [0.1, 0.15) is 16.7 Å². The zero-order valence-electron chi connectivity index (χ0n) is 15.0. The fourth-order valence-electron chi connectivity index (χ4n) is 2.30. The molecule has 0 spiro atoms. The van der Waals surface area contributed by atoms with Gasteiger partial charge < -0.3 is 14.8 Å². The number of rotatable bonds is 5. The topological polar surface area (TPSA) is 91.4 Å². The number of H-pyrrole nitrogens is 1. The van der Waals surface area contributed by atoms with Crippen LogP contribution in [-0.4, -0.2) is 32.2 Å². The van der Waals surface area contributed by atoms with Crippen LogP contribution in [0.3, 0.4) is 0 Å². The van der Waals surface area contributed by atoms with Crippen molar-refractivity contribution in [3.63, 3.8) is 0 Å². The molecular formula is C17H19F3N2O4S. The third kappa shape index (κ3) is 5.57. The van der Waals surface area contributed by atoms with E-state index in [0.29, 0.717) is 11.4 Å². The summed E-state index contributed by atoms with van der Waals surface area (Å²) >= 11 is 0. The van der Waals surface area contributed by atoms with Gasteiger partial charge in [-0.1, -0.05) is 6.07 Å². The maximum atomic E-state index is 12.8. The number of nitrogens with one attached hydrogen (secondary N) is 2. The van der Waals surface area contributed by atoms with Crippen LogP contribution in [0.5, 0.6) is 5.75 Å². The lowest BCUT2D eigenvalue weighted by molar-refractivity contribution is -0.275. The minimum Gasteiger partial charge on any atom is -0.478 e. The van der Waals surface area contributed by atoms with Crippen molar-refractivity contribution in [2.75, 3.05) is 0 Å². The molecule has 1 unspecified atom stereocenters. The Balaban J connectivity index is 2.51. The van der Waals surface area contributed by atoms with Gasteiger partial charge >= 0.3 is 12.3 Å². The van der Waals surface area contributed by atoms with Crippen molar-refractivity contribution in [1.29, 1.82) is 0 Å². The highest BCUT2D eigenvalue weighted by Gasteiger charge is 2.33.